The Morgan fingerprint density at radius 3 is 2.52 bits per heavy atom. The average molecular weight is 295 g/mol. The molecule has 0 spiro atoms. The lowest BCUT2D eigenvalue weighted by Gasteiger charge is -2.29. The summed E-state index contributed by atoms with van der Waals surface area (Å²) in [5.74, 6) is 0.487. The van der Waals surface area contributed by atoms with E-state index in [1.165, 1.54) is 0 Å². The highest BCUT2D eigenvalue weighted by atomic mass is 16.5. The number of aromatic nitrogens is 2. The molecule has 0 aromatic carbocycles. The number of methoxy groups -OCH3 is 1. The van der Waals surface area contributed by atoms with Crippen molar-refractivity contribution in [3.05, 3.63) is 18.0 Å². The molecule has 3 unspecified atom stereocenters. The monoisotopic (exact) mass is 295 g/mol. The van der Waals surface area contributed by atoms with Crippen LogP contribution in [0.2, 0.25) is 0 Å². The summed E-state index contributed by atoms with van der Waals surface area (Å²) in [5.41, 5.74) is 1.15. The minimum atomic E-state index is 0.213. The van der Waals surface area contributed by atoms with Crippen LogP contribution in [0.1, 0.15) is 59.2 Å². The summed E-state index contributed by atoms with van der Waals surface area (Å²) in [6.45, 7) is 12.0. The van der Waals surface area contributed by atoms with Crippen LogP contribution in [0, 0.1) is 5.92 Å². The van der Waals surface area contributed by atoms with Gasteiger partial charge in [0.05, 0.1) is 11.8 Å². The van der Waals surface area contributed by atoms with Gasteiger partial charge in [0.1, 0.15) is 0 Å². The van der Waals surface area contributed by atoms with Crippen LogP contribution in [-0.2, 0) is 11.2 Å². The topological polar surface area (TPSA) is 39.1 Å². The van der Waals surface area contributed by atoms with E-state index in [-0.39, 0.29) is 6.10 Å². The van der Waals surface area contributed by atoms with Crippen molar-refractivity contribution in [1.82, 2.24) is 15.1 Å². The third kappa shape index (κ3) is 5.44. The Balaban J connectivity index is 2.77. The smallest absolute Gasteiger partial charge is 0.0750 e. The lowest BCUT2D eigenvalue weighted by Crippen LogP contribution is -2.45. The summed E-state index contributed by atoms with van der Waals surface area (Å²) in [7, 11) is 1.81. The first-order chi connectivity index (χ1) is 10.0. The van der Waals surface area contributed by atoms with Crippen molar-refractivity contribution >= 4 is 0 Å². The molecule has 3 atom stereocenters. The minimum absolute atomic E-state index is 0.213. The first-order valence-corrected chi connectivity index (χ1v) is 8.33. The highest BCUT2D eigenvalue weighted by molar-refractivity contribution is 5.03. The Labute approximate surface area is 130 Å². The molecular formula is C17H33N3O. The van der Waals surface area contributed by atoms with E-state index in [0.29, 0.717) is 18.0 Å². The quantitative estimate of drug-likeness (QED) is 0.718. The van der Waals surface area contributed by atoms with Gasteiger partial charge < -0.3 is 10.1 Å². The summed E-state index contributed by atoms with van der Waals surface area (Å²) < 4.78 is 7.79. The fraction of sp³-hybridized carbons (Fsp3) is 0.824. The molecule has 0 aliphatic rings. The molecule has 1 aromatic rings. The maximum atomic E-state index is 5.72. The van der Waals surface area contributed by atoms with Gasteiger partial charge in [-0.25, -0.2) is 0 Å². The molecule has 4 heteroatoms. The van der Waals surface area contributed by atoms with Crippen molar-refractivity contribution in [3.63, 3.8) is 0 Å². The van der Waals surface area contributed by atoms with Crippen LogP contribution < -0.4 is 5.32 Å². The Bertz CT molecular complexity index is 389. The summed E-state index contributed by atoms with van der Waals surface area (Å²) in [5, 5.41) is 8.35. The number of ether oxygens (including phenoxy) is 1. The van der Waals surface area contributed by atoms with E-state index in [4.69, 9.17) is 9.84 Å². The Morgan fingerprint density at radius 1 is 1.29 bits per heavy atom. The van der Waals surface area contributed by atoms with Crippen LogP contribution in [0.25, 0.3) is 0 Å². The first kappa shape index (κ1) is 18.2. The minimum Gasteiger partial charge on any atom is -0.380 e. The van der Waals surface area contributed by atoms with Crippen LogP contribution in [0.15, 0.2) is 12.3 Å². The average Bonchev–Trinajstić information content (AvgIpc) is 2.92. The van der Waals surface area contributed by atoms with E-state index in [9.17, 15) is 0 Å². The van der Waals surface area contributed by atoms with Gasteiger partial charge in [0.25, 0.3) is 0 Å². The van der Waals surface area contributed by atoms with Crippen molar-refractivity contribution in [2.24, 2.45) is 5.92 Å². The Kier molecular flexibility index (Phi) is 7.97. The predicted octanol–water partition coefficient (Wildman–Crippen LogP) is 3.44. The van der Waals surface area contributed by atoms with Gasteiger partial charge in [0, 0.05) is 31.8 Å². The molecule has 21 heavy (non-hydrogen) atoms. The summed E-state index contributed by atoms with van der Waals surface area (Å²) in [6, 6.07) is 2.92. The van der Waals surface area contributed by atoms with Crippen LogP contribution in [0.5, 0.6) is 0 Å². The third-order valence-electron chi connectivity index (χ3n) is 4.12. The van der Waals surface area contributed by atoms with E-state index in [1.807, 2.05) is 7.11 Å². The predicted molar refractivity (Wildman–Crippen MR) is 88.6 cm³/mol. The van der Waals surface area contributed by atoms with E-state index in [2.05, 4.69) is 56.9 Å². The second kappa shape index (κ2) is 9.21. The van der Waals surface area contributed by atoms with Crippen LogP contribution in [0.4, 0.5) is 0 Å². The third-order valence-corrected chi connectivity index (χ3v) is 4.12. The Morgan fingerprint density at radius 2 is 2.00 bits per heavy atom. The molecule has 0 saturated carbocycles. The molecule has 4 nitrogen and oxygen atoms in total. The van der Waals surface area contributed by atoms with Crippen molar-refractivity contribution in [3.8, 4) is 0 Å². The summed E-state index contributed by atoms with van der Waals surface area (Å²) >= 11 is 0. The van der Waals surface area contributed by atoms with E-state index >= 15 is 0 Å². The molecule has 0 fully saturated rings. The fourth-order valence-corrected chi connectivity index (χ4v) is 2.68. The van der Waals surface area contributed by atoms with Crippen LogP contribution in [0.3, 0.4) is 0 Å². The van der Waals surface area contributed by atoms with Gasteiger partial charge in [-0.3, -0.25) is 4.68 Å². The lowest BCUT2D eigenvalue weighted by atomic mass is 9.95. The zero-order valence-corrected chi connectivity index (χ0v) is 14.6. The molecular weight excluding hydrogens is 262 g/mol. The van der Waals surface area contributed by atoms with E-state index < -0.39 is 0 Å². The highest BCUT2D eigenvalue weighted by Gasteiger charge is 2.25. The largest absolute Gasteiger partial charge is 0.380 e. The number of rotatable bonds is 10. The van der Waals surface area contributed by atoms with Gasteiger partial charge in [0.15, 0.2) is 0 Å². The van der Waals surface area contributed by atoms with Crippen molar-refractivity contribution < 1.29 is 4.74 Å². The van der Waals surface area contributed by atoms with Crippen LogP contribution >= 0.6 is 0 Å². The Hall–Kier alpha value is -0.870. The van der Waals surface area contributed by atoms with Gasteiger partial charge in [-0.15, -0.1) is 0 Å². The zero-order valence-electron chi connectivity index (χ0n) is 14.6. The number of nitrogens with one attached hydrogen (secondary N) is 1. The molecule has 0 amide bonds. The maximum Gasteiger partial charge on any atom is 0.0750 e. The summed E-state index contributed by atoms with van der Waals surface area (Å²) in [4.78, 5) is 0. The van der Waals surface area contributed by atoms with Crippen molar-refractivity contribution in [1.29, 1.82) is 0 Å². The van der Waals surface area contributed by atoms with Gasteiger partial charge in [-0.2, -0.15) is 5.10 Å². The molecule has 1 heterocycles. The fourth-order valence-electron chi connectivity index (χ4n) is 2.68. The molecule has 0 bridgehead atoms. The van der Waals surface area contributed by atoms with E-state index in [1.54, 1.807) is 0 Å². The number of hydrogen-bond acceptors (Lipinski definition) is 3. The lowest BCUT2D eigenvalue weighted by molar-refractivity contribution is 0.0329. The second-order valence-corrected chi connectivity index (χ2v) is 6.25. The first-order valence-electron chi connectivity index (χ1n) is 8.33. The molecule has 1 N–H and O–H groups in total. The second-order valence-electron chi connectivity index (χ2n) is 6.25. The molecule has 1 rings (SSSR count). The number of hydrogen-bond donors (Lipinski definition) is 1. The van der Waals surface area contributed by atoms with Gasteiger partial charge in [0.2, 0.25) is 0 Å². The molecule has 0 aliphatic heterocycles. The summed E-state index contributed by atoms with van der Waals surface area (Å²) in [6.07, 6.45) is 5.46. The number of nitrogens with zero attached hydrogens (tertiary/aromatic N) is 2. The van der Waals surface area contributed by atoms with Gasteiger partial charge in [-0.1, -0.05) is 27.7 Å². The van der Waals surface area contributed by atoms with Crippen molar-refractivity contribution in [2.75, 3.05) is 13.7 Å². The molecule has 0 aliphatic carbocycles. The molecule has 1 aromatic heterocycles. The zero-order chi connectivity index (χ0) is 15.8. The standard InChI is InChI=1S/C17H33N3O/c1-7-10-18-16(17(21-6)13(3)4)12-15-9-11-20(19-15)14(5)8-2/h9,11,13-14,16-18H,7-8,10,12H2,1-6H3. The van der Waals surface area contributed by atoms with Gasteiger partial charge >= 0.3 is 0 Å². The SMILES string of the molecule is CCCNC(Cc1ccn(C(C)CC)n1)C(OC)C(C)C. The van der Waals surface area contributed by atoms with Crippen LogP contribution in [-0.4, -0.2) is 35.6 Å². The van der Waals surface area contributed by atoms with Gasteiger partial charge in [-0.05, 0) is 38.3 Å². The molecule has 0 radical (unpaired) electrons. The van der Waals surface area contributed by atoms with E-state index in [0.717, 1.165) is 31.5 Å². The highest BCUT2D eigenvalue weighted by Crippen LogP contribution is 2.16. The molecule has 0 saturated heterocycles. The molecule has 122 valence electrons. The normalized spacial score (nSPS) is 16.1. The van der Waals surface area contributed by atoms with Crippen molar-refractivity contribution in [2.45, 2.75) is 72.1 Å². The maximum absolute atomic E-state index is 5.72.